The quantitative estimate of drug-likeness (QED) is 0.807. The number of carbonyl (C=O) groups is 1. The summed E-state index contributed by atoms with van der Waals surface area (Å²) in [7, 11) is 0. The molecule has 26 heavy (non-hydrogen) atoms. The van der Waals surface area contributed by atoms with Crippen molar-refractivity contribution < 1.29 is 4.79 Å². The summed E-state index contributed by atoms with van der Waals surface area (Å²) in [5.74, 6) is 1.65. The lowest BCUT2D eigenvalue weighted by Gasteiger charge is -2.21. The van der Waals surface area contributed by atoms with Crippen LogP contribution in [0.1, 0.15) is 28.2 Å². The maximum Gasteiger partial charge on any atom is 0.253 e. The molecule has 7 heteroatoms. The van der Waals surface area contributed by atoms with Gasteiger partial charge in [-0.1, -0.05) is 12.1 Å². The standard InChI is InChI=1S/C19H23N3OS.2ClH/c1-13-21-18(12-24-13)14-3-2-4-15(9-14)19(23)22-7-5-16-10-20-11-17(16)6-8-22;;/h2-4,9,12,16-17,20H,5-8,10-11H2,1H3;2*1H/t16-,17+;;. The maximum absolute atomic E-state index is 13.0. The smallest absolute Gasteiger partial charge is 0.253 e. The predicted molar refractivity (Wildman–Crippen MR) is 112 cm³/mol. The number of hydrogen-bond donors (Lipinski definition) is 1. The van der Waals surface area contributed by atoms with E-state index in [9.17, 15) is 4.79 Å². The van der Waals surface area contributed by atoms with Crippen LogP contribution < -0.4 is 5.32 Å². The number of fused-ring (bicyclic) bond motifs is 1. The predicted octanol–water partition coefficient (Wildman–Crippen LogP) is 4.03. The summed E-state index contributed by atoms with van der Waals surface area (Å²) in [4.78, 5) is 19.5. The minimum absolute atomic E-state index is 0. The Labute approximate surface area is 171 Å². The van der Waals surface area contributed by atoms with E-state index in [4.69, 9.17) is 0 Å². The summed E-state index contributed by atoms with van der Waals surface area (Å²) in [6.07, 6.45) is 2.24. The number of carbonyl (C=O) groups excluding carboxylic acids is 1. The highest BCUT2D eigenvalue weighted by Gasteiger charge is 2.31. The van der Waals surface area contributed by atoms with Crippen molar-refractivity contribution in [1.29, 1.82) is 0 Å². The van der Waals surface area contributed by atoms with E-state index in [-0.39, 0.29) is 30.7 Å². The van der Waals surface area contributed by atoms with Crippen LogP contribution in [0.5, 0.6) is 0 Å². The number of amides is 1. The second-order valence-corrected chi connectivity index (χ2v) is 7.94. The van der Waals surface area contributed by atoms with Crippen LogP contribution in [0.25, 0.3) is 11.3 Å². The molecule has 2 aliphatic rings. The van der Waals surface area contributed by atoms with E-state index in [1.54, 1.807) is 11.3 Å². The molecule has 0 spiro atoms. The summed E-state index contributed by atoms with van der Waals surface area (Å²) in [5, 5.41) is 6.59. The summed E-state index contributed by atoms with van der Waals surface area (Å²) in [6.45, 7) is 5.99. The van der Waals surface area contributed by atoms with E-state index in [0.717, 1.165) is 72.7 Å². The molecule has 0 radical (unpaired) electrons. The Balaban J connectivity index is 0.00000121. The lowest BCUT2D eigenvalue weighted by atomic mass is 9.92. The molecule has 0 bridgehead atoms. The maximum atomic E-state index is 13.0. The highest BCUT2D eigenvalue weighted by Crippen LogP contribution is 2.28. The van der Waals surface area contributed by atoms with E-state index in [2.05, 4.69) is 15.7 Å². The Morgan fingerprint density at radius 1 is 1.19 bits per heavy atom. The average molecular weight is 414 g/mol. The first-order chi connectivity index (χ1) is 11.7. The van der Waals surface area contributed by atoms with E-state index < -0.39 is 0 Å². The fourth-order valence-corrected chi connectivity index (χ4v) is 4.53. The molecule has 1 aromatic carbocycles. The molecule has 2 aliphatic heterocycles. The molecule has 2 fully saturated rings. The molecule has 2 saturated heterocycles. The number of benzene rings is 1. The number of aromatic nitrogens is 1. The minimum Gasteiger partial charge on any atom is -0.339 e. The van der Waals surface area contributed by atoms with Gasteiger partial charge in [0.15, 0.2) is 0 Å². The van der Waals surface area contributed by atoms with Crippen LogP contribution in [0.4, 0.5) is 0 Å². The van der Waals surface area contributed by atoms with Crippen LogP contribution in [0, 0.1) is 18.8 Å². The summed E-state index contributed by atoms with van der Waals surface area (Å²) in [6, 6.07) is 7.92. The molecule has 1 amide bonds. The van der Waals surface area contributed by atoms with Gasteiger partial charge in [-0.2, -0.15) is 0 Å². The van der Waals surface area contributed by atoms with E-state index in [1.807, 2.05) is 36.1 Å². The Morgan fingerprint density at radius 3 is 2.50 bits per heavy atom. The number of nitrogens with zero attached hydrogens (tertiary/aromatic N) is 2. The first-order valence-corrected chi connectivity index (χ1v) is 9.61. The molecule has 0 aliphatic carbocycles. The van der Waals surface area contributed by atoms with E-state index in [1.165, 1.54) is 0 Å². The third-order valence-electron chi connectivity index (χ3n) is 5.33. The number of aryl methyl sites for hydroxylation is 1. The van der Waals surface area contributed by atoms with Gasteiger partial charge in [0.25, 0.3) is 5.91 Å². The zero-order valence-electron chi connectivity index (χ0n) is 14.8. The Hall–Kier alpha value is -1.14. The topological polar surface area (TPSA) is 45.2 Å². The summed E-state index contributed by atoms with van der Waals surface area (Å²) >= 11 is 1.64. The Morgan fingerprint density at radius 2 is 1.88 bits per heavy atom. The van der Waals surface area contributed by atoms with Gasteiger partial charge in [-0.25, -0.2) is 4.98 Å². The number of rotatable bonds is 2. The van der Waals surface area contributed by atoms with Gasteiger partial charge in [0, 0.05) is 29.6 Å². The number of nitrogens with one attached hydrogen (secondary N) is 1. The van der Waals surface area contributed by atoms with Crippen molar-refractivity contribution in [3.8, 4) is 11.3 Å². The number of hydrogen-bond acceptors (Lipinski definition) is 4. The molecule has 0 unspecified atom stereocenters. The van der Waals surface area contributed by atoms with Gasteiger partial charge in [-0.15, -0.1) is 36.2 Å². The van der Waals surface area contributed by atoms with Gasteiger partial charge in [-0.3, -0.25) is 4.79 Å². The normalized spacial score (nSPS) is 22.0. The third-order valence-corrected chi connectivity index (χ3v) is 6.10. The third kappa shape index (κ3) is 4.39. The second kappa shape index (κ2) is 9.18. The lowest BCUT2D eigenvalue weighted by molar-refractivity contribution is 0.0758. The molecule has 142 valence electrons. The lowest BCUT2D eigenvalue weighted by Crippen LogP contribution is -2.32. The van der Waals surface area contributed by atoms with Gasteiger partial charge in [0.05, 0.1) is 10.7 Å². The van der Waals surface area contributed by atoms with Crippen molar-refractivity contribution in [2.24, 2.45) is 11.8 Å². The molecule has 2 atom stereocenters. The van der Waals surface area contributed by atoms with Crippen molar-refractivity contribution in [3.05, 3.63) is 40.2 Å². The largest absolute Gasteiger partial charge is 0.339 e. The van der Waals surface area contributed by atoms with Gasteiger partial charge in [0.2, 0.25) is 0 Å². The SMILES string of the molecule is Cc1nc(-c2cccc(C(=O)N3CC[C@@H]4CNC[C@@H]4CC3)c2)cs1.Cl.Cl. The summed E-state index contributed by atoms with van der Waals surface area (Å²) in [5.41, 5.74) is 2.77. The minimum atomic E-state index is 0. The number of thiazole rings is 1. The van der Waals surface area contributed by atoms with Crippen molar-refractivity contribution >= 4 is 42.1 Å². The second-order valence-electron chi connectivity index (χ2n) is 6.88. The first-order valence-electron chi connectivity index (χ1n) is 8.73. The van der Waals surface area contributed by atoms with Crippen molar-refractivity contribution in [1.82, 2.24) is 15.2 Å². The fraction of sp³-hybridized carbons (Fsp3) is 0.474. The van der Waals surface area contributed by atoms with Gasteiger partial charge >= 0.3 is 0 Å². The average Bonchev–Trinajstić information content (AvgIpc) is 3.19. The van der Waals surface area contributed by atoms with Gasteiger partial charge in [-0.05, 0) is 56.8 Å². The Kier molecular flexibility index (Phi) is 7.47. The Bertz CT molecular complexity index is 738. The van der Waals surface area contributed by atoms with Crippen LogP contribution in [0.15, 0.2) is 29.6 Å². The van der Waals surface area contributed by atoms with Crippen LogP contribution in [0.2, 0.25) is 0 Å². The molecule has 0 saturated carbocycles. The van der Waals surface area contributed by atoms with Crippen LogP contribution >= 0.6 is 36.2 Å². The monoisotopic (exact) mass is 413 g/mol. The molecule has 1 N–H and O–H groups in total. The van der Waals surface area contributed by atoms with E-state index >= 15 is 0 Å². The van der Waals surface area contributed by atoms with Crippen molar-refractivity contribution in [3.63, 3.8) is 0 Å². The highest BCUT2D eigenvalue weighted by atomic mass is 35.5. The zero-order valence-corrected chi connectivity index (χ0v) is 17.3. The number of halogens is 2. The molecule has 1 aromatic heterocycles. The fourth-order valence-electron chi connectivity index (χ4n) is 3.91. The zero-order chi connectivity index (χ0) is 16.5. The van der Waals surface area contributed by atoms with Crippen molar-refractivity contribution in [2.45, 2.75) is 19.8 Å². The first kappa shape index (κ1) is 21.2. The van der Waals surface area contributed by atoms with Crippen LogP contribution in [-0.4, -0.2) is 42.0 Å². The molecule has 4 rings (SSSR count). The van der Waals surface area contributed by atoms with E-state index in [0.29, 0.717) is 0 Å². The molecular formula is C19H25Cl2N3OS. The van der Waals surface area contributed by atoms with Crippen LogP contribution in [0.3, 0.4) is 0 Å². The summed E-state index contributed by atoms with van der Waals surface area (Å²) < 4.78 is 0. The molecule has 4 nitrogen and oxygen atoms in total. The van der Waals surface area contributed by atoms with Gasteiger partial charge < -0.3 is 10.2 Å². The van der Waals surface area contributed by atoms with Gasteiger partial charge in [0.1, 0.15) is 0 Å². The molecule has 2 aromatic rings. The highest BCUT2D eigenvalue weighted by molar-refractivity contribution is 7.09. The van der Waals surface area contributed by atoms with Crippen LogP contribution in [-0.2, 0) is 0 Å². The molecular weight excluding hydrogens is 389 g/mol. The van der Waals surface area contributed by atoms with Crippen molar-refractivity contribution in [2.75, 3.05) is 26.2 Å². The number of likely N-dealkylation sites (tertiary alicyclic amines) is 1. The molecule has 3 heterocycles.